The third kappa shape index (κ3) is 6.36. The van der Waals surface area contributed by atoms with Crippen LogP contribution in [0.5, 0.6) is 0 Å². The first-order valence-corrected chi connectivity index (χ1v) is 6.67. The Morgan fingerprint density at radius 2 is 1.90 bits per heavy atom. The maximum absolute atomic E-state index is 12.3. The largest absolute Gasteiger partial charge is 0.469 e. The summed E-state index contributed by atoms with van der Waals surface area (Å²) in [5.41, 5.74) is 1.49. The van der Waals surface area contributed by atoms with Gasteiger partial charge in [-0.25, -0.2) is 0 Å². The molecule has 0 heterocycles. The highest BCUT2D eigenvalue weighted by Gasteiger charge is 2.21. The molecule has 4 nitrogen and oxygen atoms in total. The zero-order valence-corrected chi connectivity index (χ0v) is 13.0. The van der Waals surface area contributed by atoms with Gasteiger partial charge in [0.05, 0.1) is 13.5 Å². The van der Waals surface area contributed by atoms with E-state index in [0.717, 1.165) is 5.57 Å². The van der Waals surface area contributed by atoms with E-state index in [1.54, 1.807) is 18.2 Å². The fourth-order valence-electron chi connectivity index (χ4n) is 1.60. The van der Waals surface area contributed by atoms with Crippen molar-refractivity contribution in [1.82, 2.24) is 5.32 Å². The summed E-state index contributed by atoms with van der Waals surface area (Å²) in [6.07, 6.45) is 5.21. The third-order valence-electron chi connectivity index (χ3n) is 2.92. The number of methoxy groups -OCH3 is 1. The number of rotatable bonds is 7. The zero-order valence-electron chi connectivity index (χ0n) is 13.0. The highest BCUT2D eigenvalue weighted by atomic mass is 16.5. The first-order chi connectivity index (χ1) is 9.33. The Hall–Kier alpha value is -1.84. The molecule has 0 aromatic rings. The van der Waals surface area contributed by atoms with Crippen LogP contribution in [-0.2, 0) is 14.3 Å². The smallest absolute Gasteiger partial charge is 0.307 e. The van der Waals surface area contributed by atoms with E-state index in [-0.39, 0.29) is 30.3 Å². The molecule has 0 aliphatic rings. The molecular weight excluding hydrogens is 254 g/mol. The van der Waals surface area contributed by atoms with Crippen LogP contribution in [0.2, 0.25) is 0 Å². The van der Waals surface area contributed by atoms with Gasteiger partial charge in [-0.2, -0.15) is 0 Å². The van der Waals surface area contributed by atoms with Crippen molar-refractivity contribution in [3.05, 3.63) is 36.0 Å². The monoisotopic (exact) mass is 279 g/mol. The number of hydrogen-bond donors (Lipinski definition) is 1. The topological polar surface area (TPSA) is 55.4 Å². The number of hydrogen-bond acceptors (Lipinski definition) is 3. The van der Waals surface area contributed by atoms with Gasteiger partial charge in [-0.05, 0) is 25.8 Å². The van der Waals surface area contributed by atoms with E-state index in [4.69, 9.17) is 0 Å². The van der Waals surface area contributed by atoms with Crippen LogP contribution >= 0.6 is 0 Å². The van der Waals surface area contributed by atoms with E-state index < -0.39 is 0 Å². The quantitative estimate of drug-likeness (QED) is 0.443. The van der Waals surface area contributed by atoms with Crippen molar-refractivity contribution in [2.24, 2.45) is 5.92 Å². The summed E-state index contributed by atoms with van der Waals surface area (Å²) < 4.78 is 4.66. The molecule has 0 rings (SSSR count). The van der Waals surface area contributed by atoms with Crippen LogP contribution in [0.1, 0.15) is 34.1 Å². The van der Waals surface area contributed by atoms with Crippen molar-refractivity contribution in [2.75, 3.05) is 7.11 Å². The maximum Gasteiger partial charge on any atom is 0.307 e. The molecule has 1 amide bonds. The number of esters is 1. The minimum Gasteiger partial charge on any atom is -0.469 e. The summed E-state index contributed by atoms with van der Waals surface area (Å²) in [7, 11) is 1.34. The Morgan fingerprint density at radius 1 is 1.30 bits per heavy atom. The lowest BCUT2D eigenvalue weighted by molar-refractivity contribution is -0.141. The van der Waals surface area contributed by atoms with Crippen molar-refractivity contribution in [1.29, 1.82) is 0 Å². The number of allylic oxidation sites excluding steroid dienone is 3. The Morgan fingerprint density at radius 3 is 2.30 bits per heavy atom. The second-order valence-corrected chi connectivity index (χ2v) is 5.11. The molecule has 4 heteroatoms. The van der Waals surface area contributed by atoms with Gasteiger partial charge < -0.3 is 10.1 Å². The third-order valence-corrected chi connectivity index (χ3v) is 2.92. The summed E-state index contributed by atoms with van der Waals surface area (Å²) in [5.74, 6) is -0.380. The van der Waals surface area contributed by atoms with Crippen molar-refractivity contribution in [3.8, 4) is 0 Å². The molecule has 0 aliphatic carbocycles. The Labute approximate surface area is 121 Å². The SMILES string of the molecule is C=C/C=C\C(C(=O)NC(CC(=O)OC)C(C)C)=C(C)C. The number of nitrogens with one attached hydrogen (secondary N) is 1. The maximum atomic E-state index is 12.3. The van der Waals surface area contributed by atoms with Crippen molar-refractivity contribution >= 4 is 11.9 Å². The first-order valence-electron chi connectivity index (χ1n) is 6.67. The lowest BCUT2D eigenvalue weighted by atomic mass is 10.00. The van der Waals surface area contributed by atoms with Gasteiger partial charge in [0.25, 0.3) is 5.91 Å². The van der Waals surface area contributed by atoms with Crippen molar-refractivity contribution in [2.45, 2.75) is 40.2 Å². The first kappa shape index (κ1) is 18.2. The van der Waals surface area contributed by atoms with Crippen LogP contribution in [0.3, 0.4) is 0 Å². The highest BCUT2D eigenvalue weighted by Crippen LogP contribution is 2.11. The summed E-state index contributed by atoms with van der Waals surface area (Å²) in [6, 6.07) is -0.249. The van der Waals surface area contributed by atoms with Gasteiger partial charge in [0.15, 0.2) is 0 Å². The zero-order chi connectivity index (χ0) is 15.7. The van der Waals surface area contributed by atoms with E-state index in [9.17, 15) is 9.59 Å². The molecule has 20 heavy (non-hydrogen) atoms. The number of carbonyl (C=O) groups excluding carboxylic acids is 2. The highest BCUT2D eigenvalue weighted by molar-refractivity contribution is 5.97. The lowest BCUT2D eigenvalue weighted by Crippen LogP contribution is -2.41. The van der Waals surface area contributed by atoms with E-state index in [0.29, 0.717) is 5.57 Å². The molecule has 0 radical (unpaired) electrons. The molecule has 0 bridgehead atoms. The van der Waals surface area contributed by atoms with Crippen LogP contribution < -0.4 is 5.32 Å². The fraction of sp³-hybridized carbons (Fsp3) is 0.500. The van der Waals surface area contributed by atoms with E-state index in [1.807, 2.05) is 27.7 Å². The van der Waals surface area contributed by atoms with Gasteiger partial charge in [0.1, 0.15) is 0 Å². The molecule has 0 aromatic carbocycles. The Kier molecular flexibility index (Phi) is 8.29. The molecule has 0 saturated heterocycles. The predicted octanol–water partition coefficient (Wildman–Crippen LogP) is 2.77. The van der Waals surface area contributed by atoms with Crippen molar-refractivity contribution < 1.29 is 14.3 Å². The second kappa shape index (κ2) is 9.13. The normalized spacial score (nSPS) is 12.1. The Balaban J connectivity index is 4.98. The van der Waals surface area contributed by atoms with Crippen LogP contribution in [0, 0.1) is 5.92 Å². The Bertz CT molecular complexity index is 415. The summed E-state index contributed by atoms with van der Waals surface area (Å²) in [5, 5.41) is 2.89. The summed E-state index contributed by atoms with van der Waals surface area (Å²) in [4.78, 5) is 23.6. The molecular formula is C16H25NO3. The van der Waals surface area contributed by atoms with Crippen molar-refractivity contribution in [3.63, 3.8) is 0 Å². The van der Waals surface area contributed by atoms with Crippen LogP contribution in [-0.4, -0.2) is 25.0 Å². The second-order valence-electron chi connectivity index (χ2n) is 5.11. The van der Waals surface area contributed by atoms with Gasteiger partial charge in [-0.1, -0.05) is 38.2 Å². The minimum atomic E-state index is -0.329. The van der Waals surface area contributed by atoms with E-state index in [2.05, 4.69) is 16.6 Å². The van der Waals surface area contributed by atoms with Gasteiger partial charge in [0, 0.05) is 11.6 Å². The van der Waals surface area contributed by atoms with E-state index in [1.165, 1.54) is 7.11 Å². The molecule has 0 saturated carbocycles. The summed E-state index contributed by atoms with van der Waals surface area (Å²) in [6.45, 7) is 11.2. The van der Waals surface area contributed by atoms with E-state index >= 15 is 0 Å². The van der Waals surface area contributed by atoms with Gasteiger partial charge in [-0.15, -0.1) is 0 Å². The minimum absolute atomic E-state index is 0.139. The van der Waals surface area contributed by atoms with Crippen LogP contribution in [0.15, 0.2) is 36.0 Å². The molecule has 0 aliphatic heterocycles. The average molecular weight is 279 g/mol. The van der Waals surface area contributed by atoms with Gasteiger partial charge in [-0.3, -0.25) is 9.59 Å². The average Bonchev–Trinajstić information content (AvgIpc) is 2.37. The number of carbonyl (C=O) groups is 2. The lowest BCUT2D eigenvalue weighted by Gasteiger charge is -2.22. The standard InChI is InChI=1S/C16H25NO3/c1-7-8-9-13(11(2)3)16(19)17-14(12(4)5)10-15(18)20-6/h7-9,12,14H,1,10H2,2-6H3,(H,17,19)/b9-8-. The molecule has 1 unspecified atom stereocenters. The molecule has 112 valence electrons. The molecule has 1 N–H and O–H groups in total. The predicted molar refractivity (Wildman–Crippen MR) is 81.1 cm³/mol. The molecule has 0 spiro atoms. The molecule has 1 atom stereocenters. The van der Waals surface area contributed by atoms with Gasteiger partial charge in [0.2, 0.25) is 0 Å². The molecule has 0 fully saturated rings. The van der Waals surface area contributed by atoms with Crippen LogP contribution in [0.25, 0.3) is 0 Å². The number of ether oxygens (including phenoxy) is 1. The number of amides is 1. The van der Waals surface area contributed by atoms with Gasteiger partial charge >= 0.3 is 5.97 Å². The summed E-state index contributed by atoms with van der Waals surface area (Å²) >= 11 is 0. The van der Waals surface area contributed by atoms with Crippen LogP contribution in [0.4, 0.5) is 0 Å². The molecule has 0 aromatic heterocycles. The fourth-order valence-corrected chi connectivity index (χ4v) is 1.60.